The Balaban J connectivity index is 1.14. The first-order valence-corrected chi connectivity index (χ1v) is 17.2. The van der Waals surface area contributed by atoms with Crippen molar-refractivity contribution >= 4 is 28.1 Å². The summed E-state index contributed by atoms with van der Waals surface area (Å²) in [6.07, 6.45) is 15.0. The Morgan fingerprint density at radius 2 is 1.60 bits per heavy atom. The number of nitrogens with one attached hydrogen (secondary N) is 1. The van der Waals surface area contributed by atoms with Gasteiger partial charge in [0.05, 0.1) is 23.6 Å². The molecule has 0 saturated carbocycles. The van der Waals surface area contributed by atoms with Crippen LogP contribution in [-0.4, -0.2) is 0 Å². The molecule has 3 nitrogen and oxygen atoms in total. The van der Waals surface area contributed by atoms with E-state index >= 15 is 0 Å². The molecular weight excluding hydrogens is 583 g/mol. The minimum absolute atomic E-state index is 0.131. The maximum Gasteiger partial charge on any atom is 0.0991 e. The van der Waals surface area contributed by atoms with Gasteiger partial charge in [-0.2, -0.15) is 10.5 Å². The zero-order valence-corrected chi connectivity index (χ0v) is 27.0. The summed E-state index contributed by atoms with van der Waals surface area (Å²) in [4.78, 5) is 0. The Kier molecular flexibility index (Phi) is 7.97. The lowest BCUT2D eigenvalue weighted by molar-refractivity contribution is 0.580. The molecule has 0 saturated heterocycles. The van der Waals surface area contributed by atoms with Gasteiger partial charge in [-0.15, -0.1) is 0 Å². The zero-order chi connectivity index (χ0) is 32.5. The van der Waals surface area contributed by atoms with Crippen molar-refractivity contribution in [3.05, 3.63) is 160 Å². The van der Waals surface area contributed by atoms with Crippen molar-refractivity contribution in [1.29, 1.82) is 10.5 Å². The highest BCUT2D eigenvalue weighted by Gasteiger charge is 2.28. The van der Waals surface area contributed by atoms with Gasteiger partial charge in [-0.25, -0.2) is 0 Å². The Labute approximate surface area is 283 Å². The molecule has 232 valence electrons. The molecule has 0 spiro atoms. The van der Waals surface area contributed by atoms with Crippen LogP contribution in [0.5, 0.6) is 0 Å². The average Bonchev–Trinajstić information content (AvgIpc) is 3.16. The molecule has 1 N–H and O–H groups in total. The summed E-state index contributed by atoms with van der Waals surface area (Å²) >= 11 is 0. The lowest BCUT2D eigenvalue weighted by Gasteiger charge is -2.31. The third-order valence-corrected chi connectivity index (χ3v) is 10.6. The first-order chi connectivity index (χ1) is 23.7. The smallest absolute Gasteiger partial charge is 0.0991 e. The second-order valence-electron chi connectivity index (χ2n) is 13.3. The molecule has 0 bridgehead atoms. The fraction of sp³-hybridized carbons (Fsp3) is 0.200. The minimum atomic E-state index is 0.131. The van der Waals surface area contributed by atoms with Crippen LogP contribution in [0.2, 0.25) is 0 Å². The van der Waals surface area contributed by atoms with E-state index in [1.54, 1.807) is 0 Å². The van der Waals surface area contributed by atoms with E-state index in [4.69, 9.17) is 0 Å². The number of benzene rings is 5. The maximum absolute atomic E-state index is 9.50. The van der Waals surface area contributed by atoms with Crippen LogP contribution in [-0.2, 0) is 0 Å². The van der Waals surface area contributed by atoms with E-state index in [1.165, 1.54) is 61.0 Å². The standard InChI is InChI=1S/C45H37N3/c46-28-30-10-14-33(15-11-30)39(41-9-5-4-8-38(41)32-6-2-1-3-7-32)24-18-34-16-17-35-20-26-42-43(48-37-22-12-31(29-47)13-23-37)27-21-36-19-25-40(34)44(35)45(36)42/h1-11,14-16,19-22,25-27,31,35,39,48H,12-13,17-18,23-24H2/t31?,35?,39-/m0/s1. The quantitative estimate of drug-likeness (QED) is 0.188. The SMILES string of the molecule is N#Cc1ccc([C@H](CCC2=CCC3C=Cc4c(NC5=CCC(C#N)CC5)ccc5ccc2c3c45)c2ccccc2-c2ccccc2)cc1. The molecule has 5 aromatic rings. The second kappa shape index (κ2) is 12.9. The van der Waals surface area contributed by atoms with Crippen LogP contribution in [0.4, 0.5) is 5.69 Å². The van der Waals surface area contributed by atoms with Crippen molar-refractivity contribution in [3.8, 4) is 23.3 Å². The van der Waals surface area contributed by atoms with Gasteiger partial charge in [-0.1, -0.05) is 109 Å². The van der Waals surface area contributed by atoms with E-state index < -0.39 is 0 Å². The Morgan fingerprint density at radius 1 is 0.792 bits per heavy atom. The molecular formula is C45H37N3. The van der Waals surface area contributed by atoms with Crippen molar-refractivity contribution in [3.63, 3.8) is 0 Å². The topological polar surface area (TPSA) is 59.6 Å². The molecule has 0 aliphatic heterocycles. The Hall–Kier alpha value is -5.64. The number of rotatable bonds is 8. The van der Waals surface area contributed by atoms with Gasteiger partial charge in [0.2, 0.25) is 0 Å². The van der Waals surface area contributed by atoms with Crippen LogP contribution in [0.3, 0.4) is 0 Å². The highest BCUT2D eigenvalue weighted by Crippen LogP contribution is 2.48. The highest BCUT2D eigenvalue weighted by molar-refractivity contribution is 6.03. The van der Waals surface area contributed by atoms with Crippen molar-refractivity contribution in [1.82, 2.24) is 0 Å². The normalized spacial score (nSPS) is 18.3. The predicted octanol–water partition coefficient (Wildman–Crippen LogP) is 11.5. The largest absolute Gasteiger partial charge is 0.359 e. The first kappa shape index (κ1) is 29.7. The Bertz CT molecular complexity index is 2190. The van der Waals surface area contributed by atoms with Gasteiger partial charge in [-0.3, -0.25) is 0 Å². The summed E-state index contributed by atoms with van der Waals surface area (Å²) in [7, 11) is 0. The van der Waals surface area contributed by atoms with Crippen molar-refractivity contribution in [2.24, 2.45) is 5.92 Å². The van der Waals surface area contributed by atoms with E-state index in [9.17, 15) is 10.5 Å². The molecule has 48 heavy (non-hydrogen) atoms. The fourth-order valence-corrected chi connectivity index (χ4v) is 8.05. The van der Waals surface area contributed by atoms with E-state index in [-0.39, 0.29) is 11.8 Å². The van der Waals surface area contributed by atoms with Gasteiger partial charge >= 0.3 is 0 Å². The zero-order valence-electron chi connectivity index (χ0n) is 27.0. The predicted molar refractivity (Wildman–Crippen MR) is 197 cm³/mol. The summed E-state index contributed by atoms with van der Waals surface area (Å²) < 4.78 is 0. The molecule has 0 amide bonds. The first-order valence-electron chi connectivity index (χ1n) is 17.2. The van der Waals surface area contributed by atoms with Crippen LogP contribution in [0.25, 0.3) is 33.5 Å². The van der Waals surface area contributed by atoms with Gasteiger partial charge in [0.1, 0.15) is 0 Å². The maximum atomic E-state index is 9.50. The van der Waals surface area contributed by atoms with Gasteiger partial charge in [0.25, 0.3) is 0 Å². The number of nitriles is 2. The fourth-order valence-electron chi connectivity index (χ4n) is 8.05. The summed E-state index contributed by atoms with van der Waals surface area (Å²) in [6.45, 7) is 0. The molecule has 5 aromatic carbocycles. The molecule has 3 heteroatoms. The Morgan fingerprint density at radius 3 is 2.40 bits per heavy atom. The van der Waals surface area contributed by atoms with Crippen LogP contribution in [0.15, 0.2) is 127 Å². The molecule has 0 heterocycles. The molecule has 0 fully saturated rings. The van der Waals surface area contributed by atoms with Crippen LogP contribution in [0, 0.1) is 28.6 Å². The minimum Gasteiger partial charge on any atom is -0.359 e. The van der Waals surface area contributed by atoms with E-state index in [2.05, 4.69) is 133 Å². The molecule has 2 unspecified atom stereocenters. The highest BCUT2D eigenvalue weighted by atomic mass is 14.9. The van der Waals surface area contributed by atoms with Gasteiger partial charge in [-0.05, 0) is 106 Å². The summed E-state index contributed by atoms with van der Waals surface area (Å²) in [5.74, 6) is 0.695. The van der Waals surface area contributed by atoms with Gasteiger partial charge in [0, 0.05) is 28.8 Å². The second-order valence-corrected chi connectivity index (χ2v) is 13.3. The van der Waals surface area contributed by atoms with Crippen LogP contribution in [0.1, 0.15) is 83.7 Å². The van der Waals surface area contributed by atoms with Crippen molar-refractivity contribution in [2.45, 2.75) is 50.4 Å². The third-order valence-electron chi connectivity index (χ3n) is 10.6. The number of allylic oxidation sites excluding steroid dienone is 5. The van der Waals surface area contributed by atoms with E-state index in [1.807, 2.05) is 12.1 Å². The number of anilines is 1. The number of nitrogens with zero attached hydrogens (tertiary/aromatic N) is 2. The van der Waals surface area contributed by atoms with Gasteiger partial charge < -0.3 is 5.32 Å². The molecule has 3 aliphatic rings. The van der Waals surface area contributed by atoms with E-state index in [0.29, 0.717) is 11.5 Å². The third kappa shape index (κ3) is 5.53. The molecule has 8 rings (SSSR count). The van der Waals surface area contributed by atoms with E-state index in [0.717, 1.165) is 44.2 Å². The number of hydrogen-bond acceptors (Lipinski definition) is 3. The average molecular weight is 620 g/mol. The van der Waals surface area contributed by atoms with Crippen LogP contribution >= 0.6 is 0 Å². The van der Waals surface area contributed by atoms with Crippen LogP contribution < -0.4 is 5.32 Å². The molecule has 0 aromatic heterocycles. The summed E-state index contributed by atoms with van der Waals surface area (Å²) in [5, 5.41) is 25.3. The van der Waals surface area contributed by atoms with Gasteiger partial charge in [0.15, 0.2) is 0 Å². The monoisotopic (exact) mass is 619 g/mol. The number of hydrogen-bond donors (Lipinski definition) is 1. The lowest BCUT2D eigenvalue weighted by atomic mass is 9.74. The lowest BCUT2D eigenvalue weighted by Crippen LogP contribution is -2.13. The summed E-state index contributed by atoms with van der Waals surface area (Å²) in [6, 6.07) is 41.5. The molecule has 3 atom stereocenters. The summed E-state index contributed by atoms with van der Waals surface area (Å²) in [5.41, 5.74) is 13.7. The van der Waals surface area contributed by atoms with Crippen molar-refractivity contribution < 1.29 is 0 Å². The molecule has 0 radical (unpaired) electrons. The van der Waals surface area contributed by atoms with Crippen molar-refractivity contribution in [2.75, 3.05) is 5.32 Å². The molecule has 3 aliphatic carbocycles.